The van der Waals surface area contributed by atoms with E-state index in [1.165, 1.54) is 19.2 Å². The summed E-state index contributed by atoms with van der Waals surface area (Å²) in [5.41, 5.74) is 5.03. The molecule has 12 heteroatoms. The van der Waals surface area contributed by atoms with E-state index in [4.69, 9.17) is 15.6 Å². The molecule has 1 atom stereocenters. The van der Waals surface area contributed by atoms with E-state index in [-0.39, 0.29) is 22.8 Å². The van der Waals surface area contributed by atoms with Crippen molar-refractivity contribution in [2.45, 2.75) is 10.1 Å². The van der Waals surface area contributed by atoms with Crippen molar-refractivity contribution in [2.75, 3.05) is 26.0 Å². The minimum absolute atomic E-state index is 0.0797. The summed E-state index contributed by atoms with van der Waals surface area (Å²) in [4.78, 5) is 22.3. The first-order valence-electron chi connectivity index (χ1n) is 6.93. The summed E-state index contributed by atoms with van der Waals surface area (Å²) >= 11 is 0. The SMILES string of the molecule is COc1ccc(S(=O)(=O)N2CCS(=O)(=O)C(C(=O)O)C2)cc1C(N)=O. The number of carbonyl (C=O) groups excluding carboxylic acids is 1. The van der Waals surface area contributed by atoms with Crippen molar-refractivity contribution >= 4 is 31.7 Å². The molecule has 1 heterocycles. The van der Waals surface area contributed by atoms with Gasteiger partial charge in [-0.15, -0.1) is 0 Å². The van der Waals surface area contributed by atoms with Gasteiger partial charge in [-0.2, -0.15) is 4.31 Å². The number of methoxy groups -OCH3 is 1. The Hall–Kier alpha value is -2.18. The fraction of sp³-hybridized carbons (Fsp3) is 0.385. The number of hydrogen-bond donors (Lipinski definition) is 2. The number of primary amides is 1. The number of ether oxygens (including phenoxy) is 1. The van der Waals surface area contributed by atoms with Gasteiger partial charge in [0.2, 0.25) is 10.0 Å². The molecule has 1 aliphatic heterocycles. The Labute approximate surface area is 144 Å². The Kier molecular flexibility index (Phi) is 5.06. The van der Waals surface area contributed by atoms with Crippen molar-refractivity contribution in [1.29, 1.82) is 0 Å². The van der Waals surface area contributed by atoms with Crippen molar-refractivity contribution in [3.63, 3.8) is 0 Å². The van der Waals surface area contributed by atoms with Crippen LogP contribution in [0.3, 0.4) is 0 Å². The van der Waals surface area contributed by atoms with Gasteiger partial charge in [0, 0.05) is 13.1 Å². The fourth-order valence-corrected chi connectivity index (χ4v) is 5.57. The molecule has 1 aliphatic rings. The average molecular weight is 392 g/mol. The first kappa shape index (κ1) is 19.1. The summed E-state index contributed by atoms with van der Waals surface area (Å²) in [7, 11) is -6.87. The summed E-state index contributed by atoms with van der Waals surface area (Å²) in [5.74, 6) is -3.05. The van der Waals surface area contributed by atoms with Gasteiger partial charge in [-0.25, -0.2) is 16.8 Å². The average Bonchev–Trinajstić information content (AvgIpc) is 2.53. The maximum absolute atomic E-state index is 12.7. The van der Waals surface area contributed by atoms with Gasteiger partial charge in [0.1, 0.15) is 5.75 Å². The van der Waals surface area contributed by atoms with Crippen LogP contribution in [0.1, 0.15) is 10.4 Å². The highest BCUT2D eigenvalue weighted by molar-refractivity contribution is 7.93. The van der Waals surface area contributed by atoms with Crippen LogP contribution >= 0.6 is 0 Å². The van der Waals surface area contributed by atoms with Gasteiger partial charge in [0.15, 0.2) is 15.1 Å². The summed E-state index contributed by atoms with van der Waals surface area (Å²) < 4.78 is 54.6. The van der Waals surface area contributed by atoms with E-state index < -0.39 is 49.3 Å². The molecule has 0 spiro atoms. The zero-order valence-corrected chi connectivity index (χ0v) is 14.7. The van der Waals surface area contributed by atoms with E-state index in [1.807, 2.05) is 0 Å². The van der Waals surface area contributed by atoms with Crippen molar-refractivity contribution in [2.24, 2.45) is 5.73 Å². The van der Waals surface area contributed by atoms with Gasteiger partial charge in [0.05, 0.1) is 23.3 Å². The van der Waals surface area contributed by atoms with Gasteiger partial charge < -0.3 is 15.6 Å². The molecule has 138 valence electrons. The smallest absolute Gasteiger partial charge is 0.323 e. The van der Waals surface area contributed by atoms with Gasteiger partial charge in [-0.3, -0.25) is 9.59 Å². The number of carboxylic acid groups (broad SMARTS) is 1. The van der Waals surface area contributed by atoms with E-state index in [0.29, 0.717) is 0 Å². The van der Waals surface area contributed by atoms with Crippen LogP contribution in [0.25, 0.3) is 0 Å². The van der Waals surface area contributed by atoms with E-state index in [2.05, 4.69) is 0 Å². The molecule has 2 rings (SSSR count). The Morgan fingerprint density at radius 2 is 2.00 bits per heavy atom. The lowest BCUT2D eigenvalue weighted by molar-refractivity contribution is -0.136. The molecule has 1 unspecified atom stereocenters. The summed E-state index contributed by atoms with van der Waals surface area (Å²) in [6.07, 6.45) is 0. The van der Waals surface area contributed by atoms with E-state index in [1.54, 1.807) is 0 Å². The van der Waals surface area contributed by atoms with Crippen molar-refractivity contribution < 1.29 is 36.3 Å². The molecule has 0 radical (unpaired) electrons. The van der Waals surface area contributed by atoms with Gasteiger partial charge in [0.25, 0.3) is 5.91 Å². The fourth-order valence-electron chi connectivity index (χ4n) is 2.40. The molecule has 10 nitrogen and oxygen atoms in total. The van der Waals surface area contributed by atoms with Crippen LogP contribution in [-0.2, 0) is 24.7 Å². The highest BCUT2D eigenvalue weighted by atomic mass is 32.2. The van der Waals surface area contributed by atoms with Crippen LogP contribution in [0.4, 0.5) is 0 Å². The molecule has 25 heavy (non-hydrogen) atoms. The zero-order chi connectivity index (χ0) is 19.0. The Morgan fingerprint density at radius 3 is 2.52 bits per heavy atom. The molecule has 3 N–H and O–H groups in total. The lowest BCUT2D eigenvalue weighted by atomic mass is 10.2. The normalized spacial score (nSPS) is 20.8. The zero-order valence-electron chi connectivity index (χ0n) is 13.1. The predicted octanol–water partition coefficient (Wildman–Crippen LogP) is -1.33. The predicted molar refractivity (Wildman–Crippen MR) is 85.5 cm³/mol. The molecule has 0 saturated carbocycles. The molecular formula is C13H16N2O8S2. The highest BCUT2D eigenvalue weighted by Gasteiger charge is 2.42. The molecule has 1 saturated heterocycles. The van der Waals surface area contributed by atoms with E-state index in [9.17, 15) is 26.4 Å². The van der Waals surface area contributed by atoms with E-state index in [0.717, 1.165) is 10.4 Å². The second kappa shape index (κ2) is 6.61. The van der Waals surface area contributed by atoms with Crippen molar-refractivity contribution in [3.05, 3.63) is 23.8 Å². The number of hydrogen-bond acceptors (Lipinski definition) is 7. The number of nitrogens with zero attached hydrogens (tertiary/aromatic N) is 1. The van der Waals surface area contributed by atoms with Crippen LogP contribution in [0.15, 0.2) is 23.1 Å². The highest BCUT2D eigenvalue weighted by Crippen LogP contribution is 2.26. The summed E-state index contributed by atoms with van der Waals surface area (Å²) in [5, 5.41) is 7.19. The number of sulfone groups is 1. The van der Waals surface area contributed by atoms with E-state index >= 15 is 0 Å². The second-order valence-electron chi connectivity index (χ2n) is 5.28. The number of nitrogens with two attached hydrogens (primary N) is 1. The first-order chi connectivity index (χ1) is 11.5. The largest absolute Gasteiger partial charge is 0.496 e. The lowest BCUT2D eigenvalue weighted by Crippen LogP contribution is -2.52. The third-order valence-corrected chi connectivity index (χ3v) is 7.61. The van der Waals surface area contributed by atoms with Crippen molar-refractivity contribution in [1.82, 2.24) is 4.31 Å². The molecule has 0 bridgehead atoms. The second-order valence-corrected chi connectivity index (χ2v) is 9.52. The third kappa shape index (κ3) is 3.60. The molecule has 1 aromatic rings. The lowest BCUT2D eigenvalue weighted by Gasteiger charge is -2.29. The molecule has 0 aromatic heterocycles. The van der Waals surface area contributed by atoms with Gasteiger partial charge in [-0.05, 0) is 18.2 Å². The summed E-state index contributed by atoms with van der Waals surface area (Å²) in [6.45, 7) is -1.09. The van der Waals surface area contributed by atoms with Crippen LogP contribution in [0, 0.1) is 0 Å². The number of aliphatic carboxylic acids is 1. The number of carboxylic acids is 1. The Morgan fingerprint density at radius 1 is 1.36 bits per heavy atom. The van der Waals surface area contributed by atoms with Crippen LogP contribution < -0.4 is 10.5 Å². The van der Waals surface area contributed by atoms with Crippen molar-refractivity contribution in [3.8, 4) is 5.75 Å². The molecule has 1 amide bonds. The van der Waals surface area contributed by atoms with Crippen LogP contribution in [-0.4, -0.2) is 69.3 Å². The quantitative estimate of drug-likeness (QED) is 0.623. The first-order valence-corrected chi connectivity index (χ1v) is 10.1. The minimum Gasteiger partial charge on any atom is -0.496 e. The standard InChI is InChI=1S/C13H16N2O8S2/c1-23-10-3-2-8(6-9(10)12(14)16)25(21,22)15-4-5-24(19,20)11(7-15)13(17)18/h2-3,6,11H,4-5,7H2,1H3,(H2,14,16)(H,17,18). The number of benzene rings is 1. The van der Waals surface area contributed by atoms with Gasteiger partial charge in [-0.1, -0.05) is 0 Å². The maximum atomic E-state index is 12.7. The maximum Gasteiger partial charge on any atom is 0.323 e. The Balaban J connectivity index is 2.44. The molecular weight excluding hydrogens is 376 g/mol. The number of amides is 1. The number of sulfonamides is 1. The topological polar surface area (TPSA) is 161 Å². The minimum atomic E-state index is -4.22. The number of carbonyl (C=O) groups is 2. The van der Waals surface area contributed by atoms with Gasteiger partial charge >= 0.3 is 5.97 Å². The monoisotopic (exact) mass is 392 g/mol. The molecule has 1 fully saturated rings. The molecule has 0 aliphatic carbocycles. The Bertz CT molecular complexity index is 923. The third-order valence-electron chi connectivity index (χ3n) is 3.78. The van der Waals surface area contributed by atoms with Crippen LogP contribution in [0.2, 0.25) is 0 Å². The summed E-state index contributed by atoms with van der Waals surface area (Å²) in [6, 6.07) is 3.41. The number of rotatable bonds is 5. The molecule has 1 aromatic carbocycles. The van der Waals surface area contributed by atoms with Crippen LogP contribution in [0.5, 0.6) is 5.75 Å².